The Kier molecular flexibility index (Phi) is 7.69. The fourth-order valence-corrected chi connectivity index (χ4v) is 3.95. The molecule has 0 aromatic heterocycles. The van der Waals surface area contributed by atoms with E-state index in [1.54, 1.807) is 0 Å². The summed E-state index contributed by atoms with van der Waals surface area (Å²) in [7, 11) is 0. The first kappa shape index (κ1) is 21.4. The van der Waals surface area contributed by atoms with Crippen LogP contribution in [-0.4, -0.2) is 6.61 Å². The van der Waals surface area contributed by atoms with E-state index in [1.807, 2.05) is 6.92 Å². The van der Waals surface area contributed by atoms with Crippen LogP contribution in [-0.2, 0) is 6.42 Å². The Bertz CT molecular complexity index is 853. The van der Waals surface area contributed by atoms with Gasteiger partial charge in [-0.15, -0.1) is 0 Å². The molecule has 3 heteroatoms. The highest BCUT2D eigenvalue weighted by Crippen LogP contribution is 2.35. The summed E-state index contributed by atoms with van der Waals surface area (Å²) in [6.45, 7) is 4.49. The fourth-order valence-electron chi connectivity index (χ4n) is 3.95. The van der Waals surface area contributed by atoms with Gasteiger partial charge < -0.3 is 4.74 Å². The first-order valence-electron chi connectivity index (χ1n) is 10.8. The van der Waals surface area contributed by atoms with Gasteiger partial charge in [-0.1, -0.05) is 56.4 Å². The zero-order valence-electron chi connectivity index (χ0n) is 17.4. The van der Waals surface area contributed by atoms with E-state index in [2.05, 4.69) is 43.0 Å². The van der Waals surface area contributed by atoms with Gasteiger partial charge in [0, 0.05) is 5.92 Å². The summed E-state index contributed by atoms with van der Waals surface area (Å²) >= 11 is 0. The van der Waals surface area contributed by atoms with E-state index in [4.69, 9.17) is 4.74 Å². The molecular weight excluding hydrogens is 366 g/mol. The molecule has 0 spiro atoms. The second kappa shape index (κ2) is 10.4. The lowest BCUT2D eigenvalue weighted by Gasteiger charge is -2.26. The molecule has 154 valence electrons. The van der Waals surface area contributed by atoms with Crippen LogP contribution in [0.5, 0.6) is 5.75 Å². The molecule has 1 fully saturated rings. The van der Waals surface area contributed by atoms with Crippen LogP contribution in [0.3, 0.4) is 0 Å². The van der Waals surface area contributed by atoms with Crippen LogP contribution in [0.4, 0.5) is 8.78 Å². The quantitative estimate of drug-likeness (QED) is 0.476. The second-order valence-electron chi connectivity index (χ2n) is 7.90. The summed E-state index contributed by atoms with van der Waals surface area (Å²) in [4.78, 5) is 0. The molecule has 0 heterocycles. The summed E-state index contributed by atoms with van der Waals surface area (Å²) in [6, 6.07) is 12.0. The molecule has 0 atom stereocenters. The van der Waals surface area contributed by atoms with Crippen molar-refractivity contribution in [1.82, 2.24) is 0 Å². The number of benzene rings is 2. The average molecular weight is 397 g/mol. The van der Waals surface area contributed by atoms with E-state index < -0.39 is 11.6 Å². The Morgan fingerprint density at radius 1 is 0.897 bits per heavy atom. The highest BCUT2D eigenvalue weighted by atomic mass is 19.2. The largest absolute Gasteiger partial charge is 0.490 e. The highest BCUT2D eigenvalue weighted by Gasteiger charge is 2.21. The maximum atomic E-state index is 14.3. The van der Waals surface area contributed by atoms with E-state index >= 15 is 0 Å². The van der Waals surface area contributed by atoms with Gasteiger partial charge in [0.05, 0.1) is 12.2 Å². The van der Waals surface area contributed by atoms with Crippen molar-refractivity contribution in [3.05, 3.63) is 64.7 Å². The zero-order chi connectivity index (χ0) is 20.6. The Labute approximate surface area is 173 Å². The van der Waals surface area contributed by atoms with Crippen LogP contribution >= 0.6 is 0 Å². The van der Waals surface area contributed by atoms with E-state index in [0.29, 0.717) is 12.5 Å². The van der Waals surface area contributed by atoms with Gasteiger partial charge in [-0.25, -0.2) is 4.39 Å². The summed E-state index contributed by atoms with van der Waals surface area (Å²) in [6.07, 6.45) is 7.22. The standard InChI is InChI=1S/C26H30F2O/c1-3-5-19-6-11-21(12-7-19)22-13-8-20(9-14-22)10-15-23-16-17-24(29-18-4-2)26(28)25(23)27/h6-7,11-12,16-17,20,22H,3-5,8-9,13-14,18H2,1-2H3/t20-,22-. The van der Waals surface area contributed by atoms with Crippen LogP contribution < -0.4 is 4.74 Å². The minimum atomic E-state index is -0.944. The van der Waals surface area contributed by atoms with Crippen molar-refractivity contribution in [3.8, 4) is 17.6 Å². The lowest BCUT2D eigenvalue weighted by molar-refractivity contribution is 0.295. The molecule has 0 saturated heterocycles. The van der Waals surface area contributed by atoms with Crippen LogP contribution in [0.2, 0.25) is 0 Å². The van der Waals surface area contributed by atoms with Crippen molar-refractivity contribution >= 4 is 0 Å². The number of ether oxygens (including phenoxy) is 1. The molecule has 2 aromatic rings. The molecule has 0 unspecified atom stereocenters. The summed E-state index contributed by atoms with van der Waals surface area (Å²) in [5.41, 5.74) is 2.92. The molecule has 0 N–H and O–H groups in total. The number of rotatable bonds is 6. The summed E-state index contributed by atoms with van der Waals surface area (Å²) in [5, 5.41) is 0. The SMILES string of the molecule is CCCOc1ccc(C#C[C@H]2CC[C@H](c3ccc(CCC)cc3)CC2)c(F)c1F. The van der Waals surface area contributed by atoms with Gasteiger partial charge in [0.15, 0.2) is 11.6 Å². The first-order chi connectivity index (χ1) is 14.1. The van der Waals surface area contributed by atoms with Crippen molar-refractivity contribution in [3.63, 3.8) is 0 Å². The summed E-state index contributed by atoms with van der Waals surface area (Å²) < 4.78 is 33.6. The minimum Gasteiger partial charge on any atom is -0.490 e. The Morgan fingerprint density at radius 2 is 1.62 bits per heavy atom. The van der Waals surface area contributed by atoms with Crippen LogP contribution in [0.25, 0.3) is 0 Å². The van der Waals surface area contributed by atoms with Crippen molar-refractivity contribution in [2.75, 3.05) is 6.61 Å². The molecule has 3 rings (SSSR count). The third-order valence-electron chi connectivity index (χ3n) is 5.64. The molecule has 0 amide bonds. The minimum absolute atomic E-state index is 0.0413. The van der Waals surface area contributed by atoms with Crippen molar-refractivity contribution in [1.29, 1.82) is 0 Å². The third kappa shape index (κ3) is 5.60. The monoisotopic (exact) mass is 396 g/mol. The lowest BCUT2D eigenvalue weighted by atomic mass is 9.78. The molecule has 1 aliphatic rings. The number of hydrogen-bond acceptors (Lipinski definition) is 1. The molecule has 0 radical (unpaired) electrons. The number of aryl methyl sites for hydroxylation is 1. The van der Waals surface area contributed by atoms with Crippen molar-refractivity contribution in [2.45, 2.75) is 64.7 Å². The Morgan fingerprint density at radius 3 is 2.28 bits per heavy atom. The molecule has 2 aromatic carbocycles. The molecule has 1 aliphatic carbocycles. The highest BCUT2D eigenvalue weighted by molar-refractivity contribution is 5.41. The number of halogens is 2. The first-order valence-corrected chi connectivity index (χ1v) is 10.8. The van der Waals surface area contributed by atoms with E-state index in [9.17, 15) is 8.78 Å². The molecule has 0 aliphatic heterocycles. The molecule has 29 heavy (non-hydrogen) atoms. The second-order valence-corrected chi connectivity index (χ2v) is 7.90. The normalized spacial score (nSPS) is 18.8. The fraction of sp³-hybridized carbons (Fsp3) is 0.462. The van der Waals surface area contributed by atoms with Gasteiger partial charge in [-0.2, -0.15) is 4.39 Å². The predicted molar refractivity (Wildman–Crippen MR) is 114 cm³/mol. The van der Waals surface area contributed by atoms with Crippen LogP contribution in [0, 0.1) is 29.4 Å². The predicted octanol–water partition coefficient (Wildman–Crippen LogP) is 7.03. The van der Waals surface area contributed by atoms with Gasteiger partial charge >= 0.3 is 0 Å². The van der Waals surface area contributed by atoms with Crippen molar-refractivity contribution in [2.24, 2.45) is 5.92 Å². The van der Waals surface area contributed by atoms with Crippen LogP contribution in [0.1, 0.15) is 75.0 Å². The lowest BCUT2D eigenvalue weighted by Crippen LogP contribution is -2.12. The molecule has 1 saturated carbocycles. The van der Waals surface area contributed by atoms with E-state index in [-0.39, 0.29) is 17.2 Å². The number of hydrogen-bond donors (Lipinski definition) is 0. The van der Waals surface area contributed by atoms with Gasteiger partial charge in [-0.3, -0.25) is 0 Å². The average Bonchev–Trinajstić information content (AvgIpc) is 2.75. The Balaban J connectivity index is 1.59. The van der Waals surface area contributed by atoms with Gasteiger partial charge in [-0.05, 0) is 67.7 Å². The maximum Gasteiger partial charge on any atom is 0.201 e. The van der Waals surface area contributed by atoms with Crippen LogP contribution in [0.15, 0.2) is 36.4 Å². The topological polar surface area (TPSA) is 9.23 Å². The van der Waals surface area contributed by atoms with Crippen molar-refractivity contribution < 1.29 is 13.5 Å². The smallest absolute Gasteiger partial charge is 0.201 e. The maximum absolute atomic E-state index is 14.3. The van der Waals surface area contributed by atoms with Gasteiger partial charge in [0.2, 0.25) is 5.82 Å². The van der Waals surface area contributed by atoms with E-state index in [1.165, 1.54) is 29.7 Å². The zero-order valence-corrected chi connectivity index (χ0v) is 17.4. The molecule has 0 bridgehead atoms. The third-order valence-corrected chi connectivity index (χ3v) is 5.64. The van der Waals surface area contributed by atoms with Gasteiger partial charge in [0.1, 0.15) is 0 Å². The molecule has 1 nitrogen and oxygen atoms in total. The summed E-state index contributed by atoms with van der Waals surface area (Å²) in [5.74, 6) is 4.95. The Hall–Kier alpha value is -2.34. The van der Waals surface area contributed by atoms with E-state index in [0.717, 1.165) is 38.5 Å². The molecular formula is C26H30F2O. The van der Waals surface area contributed by atoms with Gasteiger partial charge in [0.25, 0.3) is 0 Å².